The van der Waals surface area contributed by atoms with Gasteiger partial charge in [-0.05, 0) is 30.7 Å². The van der Waals surface area contributed by atoms with Gasteiger partial charge in [-0.2, -0.15) is 0 Å². The third-order valence-electron chi connectivity index (χ3n) is 4.68. The predicted octanol–water partition coefficient (Wildman–Crippen LogP) is 4.32. The number of aryl methyl sites for hydroxylation is 1. The van der Waals surface area contributed by atoms with Gasteiger partial charge in [0.05, 0.1) is 22.6 Å². The van der Waals surface area contributed by atoms with Crippen LogP contribution >= 0.6 is 0 Å². The normalized spacial score (nSPS) is 10.2. The fourth-order valence-electron chi connectivity index (χ4n) is 3.00. The molecule has 3 aromatic rings. The lowest BCUT2D eigenvalue weighted by Gasteiger charge is -2.15. The van der Waals surface area contributed by atoms with E-state index in [4.69, 9.17) is 4.74 Å². The first-order chi connectivity index (χ1) is 15.7. The summed E-state index contributed by atoms with van der Waals surface area (Å²) in [6.45, 7) is 1.69. The number of hydrogen-bond donors (Lipinski definition) is 2. The molecule has 0 aliphatic heterocycles. The lowest BCUT2D eigenvalue weighted by Crippen LogP contribution is -2.15. The number of non-ortho nitro benzene ring substituents is 2. The molecule has 3 rings (SSSR count). The number of nitrogens with zero attached hydrogens (tertiary/aromatic N) is 2. The van der Waals surface area contributed by atoms with E-state index >= 15 is 0 Å². The first kappa shape index (κ1) is 22.9. The van der Waals surface area contributed by atoms with Gasteiger partial charge in [0.15, 0.2) is 0 Å². The number of rotatable bonds is 7. The van der Waals surface area contributed by atoms with Crippen molar-refractivity contribution in [1.29, 1.82) is 0 Å². The number of benzene rings is 3. The molecule has 11 nitrogen and oxygen atoms in total. The Morgan fingerprint density at radius 2 is 1.27 bits per heavy atom. The Labute approximate surface area is 187 Å². The highest BCUT2D eigenvalue weighted by Crippen LogP contribution is 2.32. The number of ether oxygens (including phenoxy) is 1. The zero-order valence-corrected chi connectivity index (χ0v) is 17.5. The maximum absolute atomic E-state index is 12.6. The second kappa shape index (κ2) is 9.56. The van der Waals surface area contributed by atoms with Gasteiger partial charge in [0.1, 0.15) is 5.75 Å². The summed E-state index contributed by atoms with van der Waals surface area (Å²) in [4.78, 5) is 45.9. The summed E-state index contributed by atoms with van der Waals surface area (Å²) >= 11 is 0. The van der Waals surface area contributed by atoms with Crippen LogP contribution in [0.4, 0.5) is 22.7 Å². The van der Waals surface area contributed by atoms with Gasteiger partial charge in [0, 0.05) is 47.1 Å². The van der Waals surface area contributed by atoms with Gasteiger partial charge in [0.25, 0.3) is 23.2 Å². The van der Waals surface area contributed by atoms with E-state index in [9.17, 15) is 29.8 Å². The maximum atomic E-state index is 12.6. The zero-order chi connectivity index (χ0) is 24.1. The van der Waals surface area contributed by atoms with Crippen molar-refractivity contribution >= 4 is 34.6 Å². The molecule has 0 atom stereocenters. The number of nitro groups is 2. The number of anilines is 2. The van der Waals surface area contributed by atoms with E-state index < -0.39 is 21.7 Å². The fraction of sp³-hybridized carbons (Fsp3) is 0.0909. The van der Waals surface area contributed by atoms with Crippen LogP contribution in [-0.2, 0) is 0 Å². The Morgan fingerprint density at radius 3 is 1.73 bits per heavy atom. The highest BCUT2D eigenvalue weighted by Gasteiger charge is 2.17. The van der Waals surface area contributed by atoms with E-state index in [-0.39, 0.29) is 28.3 Å². The number of nitro benzene ring substituents is 2. The van der Waals surface area contributed by atoms with Gasteiger partial charge in [-0.1, -0.05) is 12.1 Å². The summed E-state index contributed by atoms with van der Waals surface area (Å²) in [5, 5.41) is 27.2. The van der Waals surface area contributed by atoms with Crippen molar-refractivity contribution in [2.75, 3.05) is 17.7 Å². The Bertz CT molecular complexity index is 1270. The molecule has 168 valence electrons. The Morgan fingerprint density at radius 1 is 0.788 bits per heavy atom. The van der Waals surface area contributed by atoms with Gasteiger partial charge in [-0.15, -0.1) is 0 Å². The Kier molecular flexibility index (Phi) is 6.63. The number of hydrogen-bond acceptors (Lipinski definition) is 7. The van der Waals surface area contributed by atoms with E-state index in [1.54, 1.807) is 13.0 Å². The smallest absolute Gasteiger partial charge is 0.270 e. The van der Waals surface area contributed by atoms with Crippen molar-refractivity contribution in [3.8, 4) is 5.75 Å². The zero-order valence-electron chi connectivity index (χ0n) is 17.5. The monoisotopic (exact) mass is 450 g/mol. The van der Waals surface area contributed by atoms with Crippen molar-refractivity contribution in [3.05, 3.63) is 97.6 Å². The van der Waals surface area contributed by atoms with Gasteiger partial charge in [-0.3, -0.25) is 29.8 Å². The van der Waals surface area contributed by atoms with Crippen molar-refractivity contribution < 1.29 is 24.2 Å². The molecule has 0 unspecified atom stereocenters. The molecule has 0 saturated carbocycles. The molecule has 2 amide bonds. The average molecular weight is 450 g/mol. The van der Waals surface area contributed by atoms with Gasteiger partial charge >= 0.3 is 0 Å². The lowest BCUT2D eigenvalue weighted by atomic mass is 10.1. The molecule has 0 fully saturated rings. The van der Waals surface area contributed by atoms with Gasteiger partial charge < -0.3 is 15.4 Å². The molecule has 0 saturated heterocycles. The molecule has 2 N–H and O–H groups in total. The molecular weight excluding hydrogens is 432 g/mol. The molecule has 0 spiro atoms. The number of amides is 2. The predicted molar refractivity (Wildman–Crippen MR) is 120 cm³/mol. The summed E-state index contributed by atoms with van der Waals surface area (Å²) in [7, 11) is 1.37. The van der Waals surface area contributed by atoms with Crippen LogP contribution in [0.2, 0.25) is 0 Å². The third kappa shape index (κ3) is 5.28. The SMILES string of the molecule is COc1cc(NC(=O)c2cccc([N+](=O)[O-])c2)c(C)cc1NC(=O)c1cccc([N+](=O)[O-])c1. The quantitative estimate of drug-likeness (QED) is 0.401. The lowest BCUT2D eigenvalue weighted by molar-refractivity contribution is -0.385. The fourth-order valence-corrected chi connectivity index (χ4v) is 3.00. The molecule has 0 aliphatic carbocycles. The van der Waals surface area contributed by atoms with Crippen molar-refractivity contribution in [3.63, 3.8) is 0 Å². The van der Waals surface area contributed by atoms with Crippen LogP contribution in [0.15, 0.2) is 60.7 Å². The van der Waals surface area contributed by atoms with Crippen LogP contribution in [-0.4, -0.2) is 28.8 Å². The average Bonchev–Trinajstić information content (AvgIpc) is 2.80. The second-order valence-electron chi connectivity index (χ2n) is 6.89. The second-order valence-corrected chi connectivity index (χ2v) is 6.89. The van der Waals surface area contributed by atoms with Crippen LogP contribution in [0, 0.1) is 27.2 Å². The van der Waals surface area contributed by atoms with Gasteiger partial charge in [-0.25, -0.2) is 0 Å². The minimum absolute atomic E-state index is 0.0898. The van der Waals surface area contributed by atoms with Crippen molar-refractivity contribution in [1.82, 2.24) is 0 Å². The summed E-state index contributed by atoms with van der Waals surface area (Å²) in [6, 6.07) is 13.6. The topological polar surface area (TPSA) is 154 Å². The third-order valence-corrected chi connectivity index (χ3v) is 4.68. The van der Waals surface area contributed by atoms with Crippen LogP contribution in [0.25, 0.3) is 0 Å². The molecule has 3 aromatic carbocycles. The van der Waals surface area contributed by atoms with E-state index in [0.717, 1.165) is 12.1 Å². The molecule has 33 heavy (non-hydrogen) atoms. The number of carbonyl (C=O) groups is 2. The highest BCUT2D eigenvalue weighted by atomic mass is 16.6. The van der Waals surface area contributed by atoms with Crippen LogP contribution in [0.5, 0.6) is 5.75 Å². The molecule has 0 aliphatic rings. The van der Waals surface area contributed by atoms with E-state index in [1.807, 2.05) is 0 Å². The first-order valence-corrected chi connectivity index (χ1v) is 9.50. The van der Waals surface area contributed by atoms with Gasteiger partial charge in [0.2, 0.25) is 0 Å². The molecule has 0 bridgehead atoms. The first-order valence-electron chi connectivity index (χ1n) is 9.50. The number of methoxy groups -OCH3 is 1. The molecule has 0 heterocycles. The summed E-state index contributed by atoms with van der Waals surface area (Å²) in [5.74, 6) is -0.907. The Hall–Kier alpha value is -4.80. The summed E-state index contributed by atoms with van der Waals surface area (Å²) < 4.78 is 5.31. The summed E-state index contributed by atoms with van der Waals surface area (Å²) in [5.41, 5.74) is 0.999. The molecule has 0 radical (unpaired) electrons. The molecular formula is C22H18N4O7. The standard InChI is InChI=1S/C22H18N4O7/c1-13-9-19(24-22(28)15-6-4-8-17(11-15)26(31)32)20(33-2)12-18(13)23-21(27)14-5-3-7-16(10-14)25(29)30/h3-12H,1-2H3,(H,23,27)(H,24,28). The Balaban J connectivity index is 1.84. The summed E-state index contributed by atoms with van der Waals surface area (Å²) in [6.07, 6.45) is 0. The van der Waals surface area contributed by atoms with Crippen LogP contribution < -0.4 is 15.4 Å². The van der Waals surface area contributed by atoms with Crippen LogP contribution in [0.3, 0.4) is 0 Å². The maximum Gasteiger partial charge on any atom is 0.270 e. The van der Waals surface area contributed by atoms with E-state index in [2.05, 4.69) is 10.6 Å². The van der Waals surface area contributed by atoms with E-state index in [1.165, 1.54) is 49.6 Å². The van der Waals surface area contributed by atoms with Crippen molar-refractivity contribution in [2.45, 2.75) is 6.92 Å². The minimum Gasteiger partial charge on any atom is -0.494 e. The van der Waals surface area contributed by atoms with E-state index in [0.29, 0.717) is 16.9 Å². The number of carbonyl (C=O) groups excluding carboxylic acids is 2. The highest BCUT2D eigenvalue weighted by molar-refractivity contribution is 6.07. The molecule has 11 heteroatoms. The van der Waals surface area contributed by atoms with Crippen molar-refractivity contribution in [2.24, 2.45) is 0 Å². The number of nitrogens with one attached hydrogen (secondary N) is 2. The van der Waals surface area contributed by atoms with Crippen LogP contribution in [0.1, 0.15) is 26.3 Å². The minimum atomic E-state index is -0.597. The largest absolute Gasteiger partial charge is 0.494 e. The molecule has 0 aromatic heterocycles.